The number of ketones is 1. The molecule has 0 fully saturated rings. The lowest BCUT2D eigenvalue weighted by molar-refractivity contribution is 0.0982. The molecule has 0 aliphatic heterocycles. The predicted molar refractivity (Wildman–Crippen MR) is 71.7 cm³/mol. The molecule has 0 saturated heterocycles. The van der Waals surface area contributed by atoms with Crippen LogP contribution in [0.3, 0.4) is 0 Å². The minimum atomic E-state index is -0.223. The largest absolute Gasteiger partial charge is 0.496 e. The first-order valence-electron chi connectivity index (χ1n) is 6.11. The van der Waals surface area contributed by atoms with Crippen LogP contribution >= 0.6 is 0 Å². The van der Waals surface area contributed by atoms with Crippen LogP contribution in [0.25, 0.3) is 0 Å². The third-order valence-electron chi connectivity index (χ3n) is 3.51. The Morgan fingerprint density at radius 1 is 0.947 bits per heavy atom. The fraction of sp³-hybridized carbons (Fsp3) is 0.188. The molecule has 1 aliphatic carbocycles. The molecule has 0 amide bonds. The van der Waals surface area contributed by atoms with Gasteiger partial charge in [0.25, 0.3) is 0 Å². The van der Waals surface area contributed by atoms with Crippen molar-refractivity contribution in [2.45, 2.75) is 6.10 Å². The molecule has 2 aromatic rings. The van der Waals surface area contributed by atoms with Gasteiger partial charge in [-0.1, -0.05) is 36.4 Å². The van der Waals surface area contributed by atoms with Crippen molar-refractivity contribution < 1.29 is 14.3 Å². The van der Waals surface area contributed by atoms with E-state index in [2.05, 4.69) is 0 Å². The minimum absolute atomic E-state index is 0.00338. The lowest BCUT2D eigenvalue weighted by Gasteiger charge is -2.27. The Bertz CT molecular complexity index is 646. The summed E-state index contributed by atoms with van der Waals surface area (Å²) < 4.78 is 10.9. The molecule has 0 spiro atoms. The lowest BCUT2D eigenvalue weighted by Crippen LogP contribution is -2.21. The summed E-state index contributed by atoms with van der Waals surface area (Å²) in [5.74, 6) is 0.593. The van der Waals surface area contributed by atoms with E-state index in [1.165, 1.54) is 0 Å². The predicted octanol–water partition coefficient (Wildman–Crippen LogP) is 2.98. The van der Waals surface area contributed by atoms with Crippen LogP contribution in [0, 0.1) is 0 Å². The molecule has 0 bridgehead atoms. The average Bonchev–Trinajstić information content (AvgIpc) is 2.47. The second-order valence-corrected chi connectivity index (χ2v) is 4.46. The van der Waals surface area contributed by atoms with Crippen molar-refractivity contribution >= 4 is 5.78 Å². The smallest absolute Gasteiger partial charge is 0.197 e. The van der Waals surface area contributed by atoms with Crippen LogP contribution in [0.2, 0.25) is 0 Å². The number of fused-ring (bicyclic) bond motifs is 2. The van der Waals surface area contributed by atoms with E-state index in [-0.39, 0.29) is 11.9 Å². The molecule has 1 unspecified atom stereocenters. The summed E-state index contributed by atoms with van der Waals surface area (Å²) in [6.07, 6.45) is -0.223. The summed E-state index contributed by atoms with van der Waals surface area (Å²) in [4.78, 5) is 12.6. The Hall–Kier alpha value is -2.13. The molecule has 0 heterocycles. The summed E-state index contributed by atoms with van der Waals surface area (Å²) in [7, 11) is 3.23. The van der Waals surface area contributed by atoms with Crippen molar-refractivity contribution in [2.24, 2.45) is 0 Å². The monoisotopic (exact) mass is 254 g/mol. The first kappa shape index (κ1) is 11.9. The highest BCUT2D eigenvalue weighted by atomic mass is 16.5. The van der Waals surface area contributed by atoms with Crippen molar-refractivity contribution in [3.63, 3.8) is 0 Å². The summed E-state index contributed by atoms with van der Waals surface area (Å²) in [6.45, 7) is 0. The van der Waals surface area contributed by atoms with Crippen molar-refractivity contribution in [1.29, 1.82) is 0 Å². The second-order valence-electron chi connectivity index (χ2n) is 4.46. The van der Waals surface area contributed by atoms with Gasteiger partial charge in [0.15, 0.2) is 5.78 Å². The van der Waals surface area contributed by atoms with Crippen LogP contribution in [0.1, 0.15) is 33.2 Å². The third kappa shape index (κ3) is 1.66. The van der Waals surface area contributed by atoms with Gasteiger partial charge < -0.3 is 9.47 Å². The molecule has 19 heavy (non-hydrogen) atoms. The summed E-state index contributed by atoms with van der Waals surface area (Å²) in [6, 6.07) is 13.2. The van der Waals surface area contributed by atoms with Crippen LogP contribution < -0.4 is 4.74 Å². The number of hydrogen-bond donors (Lipinski definition) is 0. The summed E-state index contributed by atoms with van der Waals surface area (Å²) >= 11 is 0. The van der Waals surface area contributed by atoms with Gasteiger partial charge in [-0.3, -0.25) is 4.79 Å². The maximum Gasteiger partial charge on any atom is 0.197 e. The lowest BCUT2D eigenvalue weighted by atomic mass is 9.82. The minimum Gasteiger partial charge on any atom is -0.496 e. The number of carbonyl (C=O) groups excluding carboxylic acids is 1. The normalized spacial score (nSPS) is 16.7. The Labute approximate surface area is 111 Å². The Kier molecular flexibility index (Phi) is 2.84. The van der Waals surface area contributed by atoms with E-state index in [9.17, 15) is 4.79 Å². The Balaban J connectivity index is 2.30. The molecule has 0 aromatic heterocycles. The fourth-order valence-electron chi connectivity index (χ4n) is 2.67. The van der Waals surface area contributed by atoms with Gasteiger partial charge in [-0.05, 0) is 11.6 Å². The maximum absolute atomic E-state index is 12.6. The number of carbonyl (C=O) groups is 1. The standard InChI is InChI=1S/C16H14O3/c1-18-13-9-5-8-12-14(13)15(17)10-6-3-4-7-11(10)16(12)19-2/h3-9,16H,1-2H3. The molecule has 3 rings (SSSR count). The van der Waals surface area contributed by atoms with Gasteiger partial charge in [-0.15, -0.1) is 0 Å². The highest BCUT2D eigenvalue weighted by Gasteiger charge is 2.32. The van der Waals surface area contributed by atoms with Gasteiger partial charge in [0, 0.05) is 18.2 Å². The zero-order valence-electron chi connectivity index (χ0n) is 10.8. The van der Waals surface area contributed by atoms with Crippen LogP contribution in [0.4, 0.5) is 0 Å². The summed E-state index contributed by atoms with van der Waals surface area (Å²) in [5, 5.41) is 0. The topological polar surface area (TPSA) is 35.5 Å². The second kappa shape index (κ2) is 4.52. The van der Waals surface area contributed by atoms with Gasteiger partial charge in [0.05, 0.1) is 12.7 Å². The van der Waals surface area contributed by atoms with Gasteiger partial charge >= 0.3 is 0 Å². The van der Waals surface area contributed by atoms with E-state index >= 15 is 0 Å². The van der Waals surface area contributed by atoms with E-state index < -0.39 is 0 Å². The van der Waals surface area contributed by atoms with E-state index in [4.69, 9.17) is 9.47 Å². The van der Waals surface area contributed by atoms with Crippen LogP contribution in [-0.2, 0) is 4.74 Å². The van der Waals surface area contributed by atoms with E-state index in [0.717, 1.165) is 11.1 Å². The quantitative estimate of drug-likeness (QED) is 0.826. The molecule has 1 aliphatic rings. The molecule has 3 heteroatoms. The van der Waals surface area contributed by atoms with Gasteiger partial charge in [-0.2, -0.15) is 0 Å². The van der Waals surface area contributed by atoms with Gasteiger partial charge in [-0.25, -0.2) is 0 Å². The third-order valence-corrected chi connectivity index (χ3v) is 3.51. The zero-order valence-corrected chi connectivity index (χ0v) is 10.8. The molecule has 0 saturated carbocycles. The molecular weight excluding hydrogens is 240 g/mol. The molecule has 96 valence electrons. The molecule has 1 atom stereocenters. The number of rotatable bonds is 2. The first-order valence-corrected chi connectivity index (χ1v) is 6.11. The SMILES string of the molecule is COc1cccc2c1C(=O)c1ccccc1C2OC. The van der Waals surface area contributed by atoms with Crippen LogP contribution in [-0.4, -0.2) is 20.0 Å². The molecular formula is C16H14O3. The molecule has 2 aromatic carbocycles. The van der Waals surface area contributed by atoms with Crippen LogP contribution in [0.5, 0.6) is 5.75 Å². The number of ether oxygens (including phenoxy) is 2. The van der Waals surface area contributed by atoms with E-state index in [1.54, 1.807) is 20.3 Å². The summed E-state index contributed by atoms with van der Waals surface area (Å²) in [5.41, 5.74) is 3.07. The Morgan fingerprint density at radius 3 is 2.42 bits per heavy atom. The van der Waals surface area contributed by atoms with Crippen LogP contribution in [0.15, 0.2) is 42.5 Å². The van der Waals surface area contributed by atoms with Crippen molar-refractivity contribution in [3.05, 3.63) is 64.7 Å². The first-order chi connectivity index (χ1) is 9.27. The van der Waals surface area contributed by atoms with Crippen molar-refractivity contribution in [1.82, 2.24) is 0 Å². The number of hydrogen-bond acceptors (Lipinski definition) is 3. The molecule has 0 radical (unpaired) electrons. The zero-order chi connectivity index (χ0) is 13.4. The van der Waals surface area contributed by atoms with E-state index in [1.807, 2.05) is 36.4 Å². The highest BCUT2D eigenvalue weighted by Crippen LogP contribution is 2.40. The van der Waals surface area contributed by atoms with Gasteiger partial charge in [0.2, 0.25) is 0 Å². The van der Waals surface area contributed by atoms with Crippen molar-refractivity contribution in [3.8, 4) is 5.75 Å². The molecule has 3 nitrogen and oxygen atoms in total. The number of methoxy groups -OCH3 is 2. The number of benzene rings is 2. The fourth-order valence-corrected chi connectivity index (χ4v) is 2.67. The van der Waals surface area contributed by atoms with E-state index in [0.29, 0.717) is 16.9 Å². The Morgan fingerprint density at radius 2 is 1.68 bits per heavy atom. The molecule has 0 N–H and O–H groups in total. The maximum atomic E-state index is 12.6. The van der Waals surface area contributed by atoms with Gasteiger partial charge in [0.1, 0.15) is 11.9 Å². The average molecular weight is 254 g/mol. The highest BCUT2D eigenvalue weighted by molar-refractivity contribution is 6.14. The van der Waals surface area contributed by atoms with Crippen molar-refractivity contribution in [2.75, 3.05) is 14.2 Å².